The summed E-state index contributed by atoms with van der Waals surface area (Å²) in [5.41, 5.74) is 1.20. The fourth-order valence-electron chi connectivity index (χ4n) is 1.37. The molecule has 16 heavy (non-hydrogen) atoms. The summed E-state index contributed by atoms with van der Waals surface area (Å²) in [6.07, 6.45) is 3.28. The quantitative estimate of drug-likeness (QED) is 0.744. The van der Waals surface area contributed by atoms with Gasteiger partial charge in [0.25, 0.3) is 0 Å². The minimum absolute atomic E-state index is 0.318. The molecule has 0 aliphatic heterocycles. The predicted octanol–water partition coefficient (Wildman–Crippen LogP) is 3.46. The Balaban J connectivity index is 2.66. The van der Waals surface area contributed by atoms with E-state index in [4.69, 9.17) is 4.74 Å². The van der Waals surface area contributed by atoms with E-state index in [1.54, 1.807) is 0 Å². The maximum Gasteiger partial charge on any atom is 0.0899 e. The lowest BCUT2D eigenvalue weighted by Crippen LogP contribution is -2.14. The fraction of sp³-hybridized carbons (Fsp3) is 0.750. The standard InChI is InChI=1S/C12H21IN2O/c1-5-10(4)16-8-12-11(13)6-14-15(12)7-9(2)3/h6,9-10H,5,7-8H2,1-4H3. The van der Waals surface area contributed by atoms with E-state index in [2.05, 4.69) is 60.1 Å². The predicted molar refractivity (Wildman–Crippen MR) is 74.3 cm³/mol. The van der Waals surface area contributed by atoms with Crippen molar-refractivity contribution in [2.75, 3.05) is 0 Å². The highest BCUT2D eigenvalue weighted by Gasteiger charge is 2.11. The van der Waals surface area contributed by atoms with Crippen LogP contribution in [0.1, 0.15) is 39.8 Å². The van der Waals surface area contributed by atoms with Gasteiger partial charge in [0.1, 0.15) is 0 Å². The molecule has 0 saturated heterocycles. The highest BCUT2D eigenvalue weighted by Crippen LogP contribution is 2.15. The van der Waals surface area contributed by atoms with E-state index in [1.165, 1.54) is 9.26 Å². The van der Waals surface area contributed by atoms with Crippen molar-refractivity contribution >= 4 is 22.6 Å². The van der Waals surface area contributed by atoms with E-state index in [-0.39, 0.29) is 0 Å². The minimum Gasteiger partial charge on any atom is -0.372 e. The first-order valence-electron chi connectivity index (χ1n) is 5.86. The summed E-state index contributed by atoms with van der Waals surface area (Å²) in [6.45, 7) is 10.3. The van der Waals surface area contributed by atoms with E-state index >= 15 is 0 Å². The third kappa shape index (κ3) is 4.05. The maximum atomic E-state index is 5.77. The average Bonchev–Trinajstić information content (AvgIpc) is 2.56. The Morgan fingerprint density at radius 1 is 1.44 bits per heavy atom. The third-order valence-electron chi connectivity index (χ3n) is 2.52. The van der Waals surface area contributed by atoms with Crippen molar-refractivity contribution in [3.8, 4) is 0 Å². The number of hydrogen-bond donors (Lipinski definition) is 0. The lowest BCUT2D eigenvalue weighted by molar-refractivity contribution is 0.0459. The first-order valence-corrected chi connectivity index (χ1v) is 6.94. The van der Waals surface area contributed by atoms with Gasteiger partial charge in [0.05, 0.1) is 28.2 Å². The van der Waals surface area contributed by atoms with Crippen LogP contribution in [0.4, 0.5) is 0 Å². The van der Waals surface area contributed by atoms with Crippen molar-refractivity contribution in [1.29, 1.82) is 0 Å². The number of nitrogens with zero attached hydrogens (tertiary/aromatic N) is 2. The summed E-state index contributed by atoms with van der Waals surface area (Å²) < 4.78 is 9.03. The normalized spacial score (nSPS) is 13.4. The number of halogens is 1. The van der Waals surface area contributed by atoms with Crippen molar-refractivity contribution in [1.82, 2.24) is 9.78 Å². The van der Waals surface area contributed by atoms with Crippen LogP contribution in [0, 0.1) is 9.49 Å². The van der Waals surface area contributed by atoms with Gasteiger partial charge in [-0.25, -0.2) is 0 Å². The third-order valence-corrected chi connectivity index (χ3v) is 3.42. The number of hydrogen-bond acceptors (Lipinski definition) is 2. The molecule has 0 aromatic carbocycles. The second-order valence-corrected chi connectivity index (χ2v) is 5.71. The zero-order chi connectivity index (χ0) is 12.1. The van der Waals surface area contributed by atoms with Crippen LogP contribution >= 0.6 is 22.6 Å². The summed E-state index contributed by atoms with van der Waals surface area (Å²) in [4.78, 5) is 0. The molecule has 0 N–H and O–H groups in total. The Labute approximate surface area is 112 Å². The topological polar surface area (TPSA) is 27.1 Å². The average molecular weight is 336 g/mol. The van der Waals surface area contributed by atoms with Gasteiger partial charge in [0.2, 0.25) is 0 Å². The Kier molecular flexibility index (Phi) is 5.75. The van der Waals surface area contributed by atoms with Crippen LogP contribution in [0.2, 0.25) is 0 Å². The number of ether oxygens (including phenoxy) is 1. The SMILES string of the molecule is CCC(C)OCc1c(I)cnn1CC(C)C. The maximum absolute atomic E-state index is 5.77. The van der Waals surface area contributed by atoms with Crippen LogP contribution < -0.4 is 0 Å². The molecular formula is C12H21IN2O. The second-order valence-electron chi connectivity index (χ2n) is 4.55. The van der Waals surface area contributed by atoms with Crippen molar-refractivity contribution in [2.45, 2.75) is 53.4 Å². The molecule has 1 unspecified atom stereocenters. The molecule has 1 heterocycles. The molecule has 0 spiro atoms. The molecule has 0 bridgehead atoms. The molecule has 4 heteroatoms. The van der Waals surface area contributed by atoms with Crippen LogP contribution in [0.3, 0.4) is 0 Å². The van der Waals surface area contributed by atoms with Crippen molar-refractivity contribution < 1.29 is 4.74 Å². The largest absolute Gasteiger partial charge is 0.372 e. The van der Waals surface area contributed by atoms with E-state index in [0.717, 1.165) is 13.0 Å². The van der Waals surface area contributed by atoms with Gasteiger partial charge in [-0.2, -0.15) is 5.10 Å². The monoisotopic (exact) mass is 336 g/mol. The first kappa shape index (κ1) is 14.0. The van der Waals surface area contributed by atoms with Gasteiger partial charge >= 0.3 is 0 Å². The van der Waals surface area contributed by atoms with Gasteiger partial charge in [-0.05, 0) is 41.9 Å². The van der Waals surface area contributed by atoms with Crippen LogP contribution in [0.25, 0.3) is 0 Å². The van der Waals surface area contributed by atoms with Crippen LogP contribution in [-0.2, 0) is 17.9 Å². The van der Waals surface area contributed by atoms with E-state index < -0.39 is 0 Å². The molecule has 1 aromatic heterocycles. The van der Waals surface area contributed by atoms with E-state index in [0.29, 0.717) is 18.6 Å². The zero-order valence-corrected chi connectivity index (χ0v) is 12.7. The summed E-state index contributed by atoms with van der Waals surface area (Å²) >= 11 is 2.32. The van der Waals surface area contributed by atoms with Gasteiger partial charge in [-0.3, -0.25) is 4.68 Å². The van der Waals surface area contributed by atoms with Crippen molar-refractivity contribution in [3.05, 3.63) is 15.5 Å². The van der Waals surface area contributed by atoms with Crippen molar-refractivity contribution in [2.24, 2.45) is 5.92 Å². The lowest BCUT2D eigenvalue weighted by atomic mass is 10.2. The molecule has 0 amide bonds. The smallest absolute Gasteiger partial charge is 0.0899 e. The van der Waals surface area contributed by atoms with Gasteiger partial charge in [-0.1, -0.05) is 20.8 Å². The molecule has 0 saturated carbocycles. The minimum atomic E-state index is 0.318. The summed E-state index contributed by atoms with van der Waals surface area (Å²) in [6, 6.07) is 0. The van der Waals surface area contributed by atoms with Crippen LogP contribution in [0.5, 0.6) is 0 Å². The van der Waals surface area contributed by atoms with E-state index in [9.17, 15) is 0 Å². The fourth-order valence-corrected chi connectivity index (χ4v) is 1.93. The molecule has 1 rings (SSSR count). The van der Waals surface area contributed by atoms with E-state index in [1.807, 2.05) is 6.20 Å². The number of rotatable bonds is 6. The molecule has 3 nitrogen and oxygen atoms in total. The molecule has 0 radical (unpaired) electrons. The Morgan fingerprint density at radius 3 is 2.69 bits per heavy atom. The number of aromatic nitrogens is 2. The second kappa shape index (κ2) is 6.59. The van der Waals surface area contributed by atoms with Gasteiger partial charge < -0.3 is 4.74 Å². The lowest BCUT2D eigenvalue weighted by Gasteiger charge is -2.13. The molecule has 0 aliphatic rings. The van der Waals surface area contributed by atoms with Gasteiger partial charge in [0, 0.05) is 6.54 Å². The summed E-state index contributed by atoms with van der Waals surface area (Å²) in [7, 11) is 0. The molecular weight excluding hydrogens is 315 g/mol. The van der Waals surface area contributed by atoms with Crippen LogP contribution in [-0.4, -0.2) is 15.9 Å². The molecule has 1 atom stereocenters. The molecule has 0 fully saturated rings. The Morgan fingerprint density at radius 2 is 2.12 bits per heavy atom. The first-order chi connectivity index (χ1) is 7.54. The zero-order valence-electron chi connectivity index (χ0n) is 10.5. The molecule has 1 aromatic rings. The Bertz CT molecular complexity index is 323. The highest BCUT2D eigenvalue weighted by molar-refractivity contribution is 14.1. The molecule has 0 aliphatic carbocycles. The van der Waals surface area contributed by atoms with Crippen molar-refractivity contribution in [3.63, 3.8) is 0 Å². The summed E-state index contributed by atoms with van der Waals surface area (Å²) in [5.74, 6) is 0.609. The molecule has 92 valence electrons. The van der Waals surface area contributed by atoms with Crippen LogP contribution in [0.15, 0.2) is 6.20 Å². The van der Waals surface area contributed by atoms with Gasteiger partial charge in [-0.15, -0.1) is 0 Å². The summed E-state index contributed by atoms with van der Waals surface area (Å²) in [5, 5.41) is 4.39. The van der Waals surface area contributed by atoms with Gasteiger partial charge in [0.15, 0.2) is 0 Å². The Hall–Kier alpha value is -0.100. The highest BCUT2D eigenvalue weighted by atomic mass is 127.